The van der Waals surface area contributed by atoms with Gasteiger partial charge in [0.05, 0.1) is 11.0 Å². The van der Waals surface area contributed by atoms with Gasteiger partial charge in [-0.3, -0.25) is 0 Å². The van der Waals surface area contributed by atoms with Crippen molar-refractivity contribution >= 4 is 17.4 Å². The number of aryl methyl sites for hydroxylation is 1. The molecule has 18 heavy (non-hydrogen) atoms. The summed E-state index contributed by atoms with van der Waals surface area (Å²) in [6, 6.07) is 4.51. The van der Waals surface area contributed by atoms with Crippen molar-refractivity contribution in [1.29, 1.82) is 0 Å². The lowest BCUT2D eigenvalue weighted by molar-refractivity contribution is 0.120. The van der Waals surface area contributed by atoms with Crippen LogP contribution in [0.4, 0.5) is 6.01 Å². The number of thiophene rings is 1. The van der Waals surface area contributed by atoms with Crippen molar-refractivity contribution in [2.75, 3.05) is 18.5 Å². The molecule has 0 spiro atoms. The molecule has 0 amide bonds. The molecule has 3 rings (SSSR count). The smallest absolute Gasteiger partial charge is 0.315 e. The number of anilines is 1. The highest BCUT2D eigenvalue weighted by molar-refractivity contribution is 7.15. The monoisotopic (exact) mass is 265 g/mol. The third-order valence-corrected chi connectivity index (χ3v) is 3.87. The number of hydrogen-bond donors (Lipinski definition) is 1. The van der Waals surface area contributed by atoms with Crippen LogP contribution in [0.15, 0.2) is 16.5 Å². The van der Waals surface area contributed by atoms with Crippen LogP contribution in [0.2, 0.25) is 0 Å². The van der Waals surface area contributed by atoms with Gasteiger partial charge >= 0.3 is 6.01 Å². The summed E-state index contributed by atoms with van der Waals surface area (Å²) in [5, 5.41) is 11.1. The Morgan fingerprint density at radius 2 is 2.39 bits per heavy atom. The van der Waals surface area contributed by atoms with E-state index in [-0.39, 0.29) is 6.10 Å². The molecule has 1 fully saturated rings. The number of aromatic nitrogens is 2. The molecule has 2 aromatic rings. The first-order valence-electron chi connectivity index (χ1n) is 6.07. The van der Waals surface area contributed by atoms with Crippen LogP contribution in [0.25, 0.3) is 10.8 Å². The fraction of sp³-hybridized carbons (Fsp3) is 0.500. The minimum absolute atomic E-state index is 0.268. The van der Waals surface area contributed by atoms with E-state index in [2.05, 4.69) is 22.4 Å². The number of nitrogens with one attached hydrogen (secondary N) is 1. The third kappa shape index (κ3) is 2.54. The standard InChI is InChI=1S/C12H15N3O2S/c1-8-4-5-10(18-8)11-14-15-12(17-11)13-7-9-3-2-6-16-9/h4-5,9H,2-3,6-7H2,1H3,(H,13,15). The van der Waals surface area contributed by atoms with E-state index in [0.717, 1.165) is 30.9 Å². The van der Waals surface area contributed by atoms with Crippen molar-refractivity contribution < 1.29 is 9.15 Å². The number of nitrogens with zero attached hydrogens (tertiary/aromatic N) is 2. The second kappa shape index (κ2) is 5.07. The predicted octanol–water partition coefficient (Wildman–Crippen LogP) is 2.70. The molecular weight excluding hydrogens is 250 g/mol. The van der Waals surface area contributed by atoms with E-state index >= 15 is 0 Å². The van der Waals surface area contributed by atoms with Gasteiger partial charge in [-0.25, -0.2) is 0 Å². The molecule has 0 radical (unpaired) electrons. The van der Waals surface area contributed by atoms with Crippen LogP contribution < -0.4 is 5.32 Å². The quantitative estimate of drug-likeness (QED) is 0.921. The summed E-state index contributed by atoms with van der Waals surface area (Å²) < 4.78 is 11.1. The van der Waals surface area contributed by atoms with E-state index in [0.29, 0.717) is 11.9 Å². The van der Waals surface area contributed by atoms with Crippen molar-refractivity contribution in [2.45, 2.75) is 25.9 Å². The normalized spacial score (nSPS) is 19.3. The molecule has 1 N–H and O–H groups in total. The minimum Gasteiger partial charge on any atom is -0.403 e. The molecule has 1 atom stereocenters. The highest BCUT2D eigenvalue weighted by atomic mass is 32.1. The van der Waals surface area contributed by atoms with Gasteiger partial charge in [0.2, 0.25) is 0 Å². The Labute approximate surface area is 109 Å². The largest absolute Gasteiger partial charge is 0.403 e. The molecule has 1 saturated heterocycles. The van der Waals surface area contributed by atoms with Crippen LogP contribution in [0, 0.1) is 6.92 Å². The summed E-state index contributed by atoms with van der Waals surface area (Å²) in [5.74, 6) is 0.572. The fourth-order valence-electron chi connectivity index (χ4n) is 1.95. The molecule has 2 aromatic heterocycles. The Morgan fingerprint density at radius 3 is 3.11 bits per heavy atom. The maximum absolute atomic E-state index is 5.56. The van der Waals surface area contributed by atoms with Crippen LogP contribution >= 0.6 is 11.3 Å². The first kappa shape index (κ1) is 11.7. The Balaban J connectivity index is 1.62. The second-order valence-corrected chi connectivity index (χ2v) is 5.63. The van der Waals surface area contributed by atoms with Gasteiger partial charge in [0.25, 0.3) is 5.89 Å². The van der Waals surface area contributed by atoms with Gasteiger partial charge < -0.3 is 14.5 Å². The summed E-state index contributed by atoms with van der Waals surface area (Å²) in [6.07, 6.45) is 2.50. The maximum atomic E-state index is 5.56. The molecule has 1 aliphatic rings. The highest BCUT2D eigenvalue weighted by Gasteiger charge is 2.16. The Hall–Kier alpha value is -1.40. The zero-order valence-electron chi connectivity index (χ0n) is 10.2. The first-order valence-corrected chi connectivity index (χ1v) is 6.89. The van der Waals surface area contributed by atoms with Gasteiger partial charge in [0.15, 0.2) is 0 Å². The molecule has 0 saturated carbocycles. The van der Waals surface area contributed by atoms with Gasteiger partial charge in [0.1, 0.15) is 0 Å². The molecule has 0 aliphatic carbocycles. The molecule has 6 heteroatoms. The second-order valence-electron chi connectivity index (χ2n) is 4.34. The van der Waals surface area contributed by atoms with E-state index < -0.39 is 0 Å². The summed E-state index contributed by atoms with van der Waals surface area (Å²) >= 11 is 1.65. The van der Waals surface area contributed by atoms with Gasteiger partial charge in [-0.05, 0) is 31.9 Å². The van der Waals surface area contributed by atoms with Crippen molar-refractivity contribution in [3.8, 4) is 10.8 Å². The van der Waals surface area contributed by atoms with Crippen LogP contribution in [0.3, 0.4) is 0 Å². The fourth-order valence-corrected chi connectivity index (χ4v) is 2.74. The van der Waals surface area contributed by atoms with Crippen LogP contribution in [-0.4, -0.2) is 29.5 Å². The topological polar surface area (TPSA) is 60.2 Å². The SMILES string of the molecule is Cc1ccc(-c2nnc(NCC3CCCO3)o2)s1. The molecule has 0 aromatic carbocycles. The number of hydrogen-bond acceptors (Lipinski definition) is 6. The summed E-state index contributed by atoms with van der Waals surface area (Å²) in [7, 11) is 0. The van der Waals surface area contributed by atoms with Gasteiger partial charge in [-0.2, -0.15) is 0 Å². The Kier molecular flexibility index (Phi) is 3.29. The lowest BCUT2D eigenvalue weighted by Crippen LogP contribution is -2.18. The first-order chi connectivity index (χ1) is 8.81. The van der Waals surface area contributed by atoms with Crippen molar-refractivity contribution in [2.24, 2.45) is 0 Å². The lowest BCUT2D eigenvalue weighted by atomic mass is 10.2. The molecular formula is C12H15N3O2S. The van der Waals surface area contributed by atoms with Gasteiger partial charge in [-0.15, -0.1) is 16.4 Å². The number of ether oxygens (including phenoxy) is 1. The Bertz CT molecular complexity index is 517. The average Bonchev–Trinajstić information content (AvgIpc) is 3.07. The van der Waals surface area contributed by atoms with E-state index in [1.54, 1.807) is 11.3 Å². The molecule has 96 valence electrons. The molecule has 0 bridgehead atoms. The minimum atomic E-state index is 0.268. The third-order valence-electron chi connectivity index (χ3n) is 2.88. The Morgan fingerprint density at radius 1 is 1.44 bits per heavy atom. The zero-order chi connectivity index (χ0) is 12.4. The van der Waals surface area contributed by atoms with Crippen LogP contribution in [0.1, 0.15) is 17.7 Å². The van der Waals surface area contributed by atoms with Crippen molar-refractivity contribution in [3.63, 3.8) is 0 Å². The molecule has 3 heterocycles. The highest BCUT2D eigenvalue weighted by Crippen LogP contribution is 2.27. The van der Waals surface area contributed by atoms with Crippen LogP contribution in [-0.2, 0) is 4.74 Å². The molecule has 5 nitrogen and oxygen atoms in total. The number of rotatable bonds is 4. The summed E-state index contributed by atoms with van der Waals surface area (Å²) in [5.41, 5.74) is 0. The van der Waals surface area contributed by atoms with E-state index in [9.17, 15) is 0 Å². The maximum Gasteiger partial charge on any atom is 0.315 e. The van der Waals surface area contributed by atoms with E-state index in [1.807, 2.05) is 12.1 Å². The lowest BCUT2D eigenvalue weighted by Gasteiger charge is -2.07. The van der Waals surface area contributed by atoms with Crippen molar-refractivity contribution in [3.05, 3.63) is 17.0 Å². The van der Waals surface area contributed by atoms with Gasteiger partial charge in [-0.1, -0.05) is 5.10 Å². The molecule has 1 unspecified atom stereocenters. The predicted molar refractivity (Wildman–Crippen MR) is 69.8 cm³/mol. The van der Waals surface area contributed by atoms with Crippen molar-refractivity contribution in [1.82, 2.24) is 10.2 Å². The van der Waals surface area contributed by atoms with E-state index in [4.69, 9.17) is 9.15 Å². The zero-order valence-corrected chi connectivity index (χ0v) is 11.0. The summed E-state index contributed by atoms with van der Waals surface area (Å²) in [4.78, 5) is 2.24. The van der Waals surface area contributed by atoms with Gasteiger partial charge in [0, 0.05) is 18.0 Å². The average molecular weight is 265 g/mol. The van der Waals surface area contributed by atoms with Crippen LogP contribution in [0.5, 0.6) is 0 Å². The van der Waals surface area contributed by atoms with E-state index in [1.165, 1.54) is 4.88 Å². The summed E-state index contributed by atoms with van der Waals surface area (Å²) in [6.45, 7) is 3.64. The molecule has 1 aliphatic heterocycles.